The molecule has 0 radical (unpaired) electrons. The molecule has 0 aliphatic rings. The van der Waals surface area contributed by atoms with Crippen molar-refractivity contribution in [2.75, 3.05) is 11.9 Å². The fourth-order valence-electron chi connectivity index (χ4n) is 1.43. The zero-order chi connectivity index (χ0) is 12.3. The summed E-state index contributed by atoms with van der Waals surface area (Å²) in [4.78, 5) is 8.34. The maximum absolute atomic E-state index is 13.6. The van der Waals surface area contributed by atoms with Gasteiger partial charge in [0.1, 0.15) is 11.6 Å². The molecule has 0 atom stereocenters. The minimum absolute atomic E-state index is 0.307. The second-order valence-corrected chi connectivity index (χ2v) is 4.36. The lowest BCUT2D eigenvalue weighted by molar-refractivity contribution is 0.630. The standard InChI is InChI=1S/C12H11BrFN3/c1-2-15-12-7-16-11(6-17-12)9-5-8(13)3-4-10(9)14/h3-7H,2H2,1H3,(H,15,17). The summed E-state index contributed by atoms with van der Waals surface area (Å²) in [5.41, 5.74) is 0.959. The largest absolute Gasteiger partial charge is 0.369 e. The van der Waals surface area contributed by atoms with Crippen LogP contribution in [-0.2, 0) is 0 Å². The van der Waals surface area contributed by atoms with Crippen molar-refractivity contribution in [3.8, 4) is 11.3 Å². The van der Waals surface area contributed by atoms with Crippen molar-refractivity contribution in [2.45, 2.75) is 6.92 Å². The zero-order valence-corrected chi connectivity index (χ0v) is 10.8. The van der Waals surface area contributed by atoms with Gasteiger partial charge in [-0.25, -0.2) is 9.37 Å². The van der Waals surface area contributed by atoms with Gasteiger partial charge in [0.05, 0.1) is 18.1 Å². The predicted octanol–water partition coefficient (Wildman–Crippen LogP) is 3.48. The normalized spacial score (nSPS) is 10.3. The summed E-state index contributed by atoms with van der Waals surface area (Å²) in [7, 11) is 0. The van der Waals surface area contributed by atoms with E-state index >= 15 is 0 Å². The van der Waals surface area contributed by atoms with Gasteiger partial charge in [-0.15, -0.1) is 0 Å². The van der Waals surface area contributed by atoms with Gasteiger partial charge in [0.25, 0.3) is 0 Å². The molecule has 1 heterocycles. The van der Waals surface area contributed by atoms with Crippen LogP contribution >= 0.6 is 15.9 Å². The fraction of sp³-hybridized carbons (Fsp3) is 0.167. The summed E-state index contributed by atoms with van der Waals surface area (Å²) in [5, 5.41) is 3.04. The number of nitrogens with zero attached hydrogens (tertiary/aromatic N) is 2. The molecule has 88 valence electrons. The minimum atomic E-state index is -0.307. The van der Waals surface area contributed by atoms with Gasteiger partial charge in [-0.2, -0.15) is 0 Å². The molecule has 17 heavy (non-hydrogen) atoms. The Labute approximate surface area is 107 Å². The lowest BCUT2D eigenvalue weighted by atomic mass is 10.1. The van der Waals surface area contributed by atoms with Crippen LogP contribution in [0.15, 0.2) is 35.1 Å². The van der Waals surface area contributed by atoms with E-state index in [9.17, 15) is 4.39 Å². The number of hydrogen-bond donors (Lipinski definition) is 1. The van der Waals surface area contributed by atoms with Crippen molar-refractivity contribution in [1.82, 2.24) is 9.97 Å². The van der Waals surface area contributed by atoms with Crippen molar-refractivity contribution < 1.29 is 4.39 Å². The van der Waals surface area contributed by atoms with Crippen molar-refractivity contribution >= 4 is 21.7 Å². The SMILES string of the molecule is CCNc1cnc(-c2cc(Br)ccc2F)cn1. The molecular weight excluding hydrogens is 285 g/mol. The summed E-state index contributed by atoms with van der Waals surface area (Å²) in [5.74, 6) is 0.380. The molecule has 1 aromatic carbocycles. The first-order valence-electron chi connectivity index (χ1n) is 5.22. The number of halogens is 2. The van der Waals surface area contributed by atoms with Crippen LogP contribution in [0.5, 0.6) is 0 Å². The molecule has 0 bridgehead atoms. The van der Waals surface area contributed by atoms with E-state index in [1.807, 2.05) is 6.92 Å². The number of anilines is 1. The van der Waals surface area contributed by atoms with Crippen LogP contribution in [0, 0.1) is 5.82 Å². The average molecular weight is 296 g/mol. The number of rotatable bonds is 3. The Bertz CT molecular complexity index is 514. The highest BCUT2D eigenvalue weighted by Crippen LogP contribution is 2.24. The van der Waals surface area contributed by atoms with Crippen LogP contribution in [0.1, 0.15) is 6.92 Å². The molecule has 0 spiro atoms. The Kier molecular flexibility index (Phi) is 3.68. The molecule has 5 heteroatoms. The van der Waals surface area contributed by atoms with Crippen molar-refractivity contribution in [2.24, 2.45) is 0 Å². The fourth-order valence-corrected chi connectivity index (χ4v) is 1.79. The molecule has 2 rings (SSSR count). The third kappa shape index (κ3) is 2.79. The van der Waals surface area contributed by atoms with Crippen molar-refractivity contribution in [3.05, 3.63) is 40.9 Å². The Morgan fingerprint density at radius 1 is 1.29 bits per heavy atom. The highest BCUT2D eigenvalue weighted by atomic mass is 79.9. The van der Waals surface area contributed by atoms with Crippen LogP contribution in [0.4, 0.5) is 10.2 Å². The van der Waals surface area contributed by atoms with Crippen molar-refractivity contribution in [3.63, 3.8) is 0 Å². The summed E-state index contributed by atoms with van der Waals surface area (Å²) in [6.07, 6.45) is 3.15. The van der Waals surface area contributed by atoms with Crippen LogP contribution in [0.25, 0.3) is 11.3 Å². The summed E-state index contributed by atoms with van der Waals surface area (Å²) >= 11 is 3.31. The predicted molar refractivity (Wildman–Crippen MR) is 69.3 cm³/mol. The average Bonchev–Trinajstić information content (AvgIpc) is 2.34. The molecule has 2 aromatic rings. The van der Waals surface area contributed by atoms with E-state index in [0.717, 1.165) is 11.0 Å². The maximum Gasteiger partial charge on any atom is 0.144 e. The van der Waals surface area contributed by atoms with Crippen LogP contribution in [-0.4, -0.2) is 16.5 Å². The summed E-state index contributed by atoms with van der Waals surface area (Å²) in [6, 6.07) is 4.74. The van der Waals surface area contributed by atoms with Gasteiger partial charge in [-0.05, 0) is 25.1 Å². The number of aromatic nitrogens is 2. The topological polar surface area (TPSA) is 37.8 Å². The minimum Gasteiger partial charge on any atom is -0.369 e. The molecule has 0 amide bonds. The lowest BCUT2D eigenvalue weighted by Gasteiger charge is -2.05. The van der Waals surface area contributed by atoms with E-state index in [0.29, 0.717) is 17.1 Å². The monoisotopic (exact) mass is 295 g/mol. The second-order valence-electron chi connectivity index (χ2n) is 3.44. The number of hydrogen-bond acceptors (Lipinski definition) is 3. The van der Waals surface area contributed by atoms with E-state index in [1.165, 1.54) is 6.07 Å². The molecule has 0 aliphatic carbocycles. The zero-order valence-electron chi connectivity index (χ0n) is 9.24. The summed E-state index contributed by atoms with van der Waals surface area (Å²) in [6.45, 7) is 2.75. The van der Waals surface area contributed by atoms with Gasteiger partial charge in [0, 0.05) is 16.6 Å². The third-order valence-electron chi connectivity index (χ3n) is 2.21. The Morgan fingerprint density at radius 3 is 2.76 bits per heavy atom. The van der Waals surface area contributed by atoms with E-state index in [-0.39, 0.29) is 5.82 Å². The first kappa shape index (κ1) is 12.0. The lowest BCUT2D eigenvalue weighted by Crippen LogP contribution is -2.00. The first-order chi connectivity index (χ1) is 8.20. The van der Waals surface area contributed by atoms with E-state index in [2.05, 4.69) is 31.2 Å². The molecule has 3 nitrogen and oxygen atoms in total. The number of benzene rings is 1. The Morgan fingerprint density at radius 2 is 2.12 bits per heavy atom. The third-order valence-corrected chi connectivity index (χ3v) is 2.71. The molecule has 0 saturated carbocycles. The van der Waals surface area contributed by atoms with Crippen molar-refractivity contribution in [1.29, 1.82) is 0 Å². The highest BCUT2D eigenvalue weighted by molar-refractivity contribution is 9.10. The van der Waals surface area contributed by atoms with E-state index in [4.69, 9.17) is 0 Å². The van der Waals surface area contributed by atoms with Gasteiger partial charge >= 0.3 is 0 Å². The molecule has 0 unspecified atom stereocenters. The highest BCUT2D eigenvalue weighted by Gasteiger charge is 2.07. The second kappa shape index (κ2) is 5.23. The van der Waals surface area contributed by atoms with E-state index < -0.39 is 0 Å². The first-order valence-corrected chi connectivity index (χ1v) is 6.01. The quantitative estimate of drug-likeness (QED) is 0.942. The molecule has 0 saturated heterocycles. The Balaban J connectivity index is 2.36. The molecule has 1 N–H and O–H groups in total. The van der Waals surface area contributed by atoms with Gasteiger partial charge in [-0.3, -0.25) is 4.98 Å². The van der Waals surface area contributed by atoms with E-state index in [1.54, 1.807) is 24.5 Å². The van der Waals surface area contributed by atoms with Crippen LogP contribution < -0.4 is 5.32 Å². The van der Waals surface area contributed by atoms with Gasteiger partial charge in [0.2, 0.25) is 0 Å². The van der Waals surface area contributed by atoms with Gasteiger partial charge < -0.3 is 5.32 Å². The van der Waals surface area contributed by atoms with Gasteiger partial charge in [0.15, 0.2) is 0 Å². The molecule has 1 aromatic heterocycles. The molecule has 0 fully saturated rings. The van der Waals surface area contributed by atoms with Crippen LogP contribution in [0.2, 0.25) is 0 Å². The number of nitrogens with one attached hydrogen (secondary N) is 1. The van der Waals surface area contributed by atoms with Gasteiger partial charge in [-0.1, -0.05) is 15.9 Å². The summed E-state index contributed by atoms with van der Waals surface area (Å²) < 4.78 is 14.4. The molecular formula is C12H11BrFN3. The molecule has 0 aliphatic heterocycles. The van der Waals surface area contributed by atoms with Crippen LogP contribution in [0.3, 0.4) is 0 Å². The maximum atomic E-state index is 13.6. The Hall–Kier alpha value is -1.49. The smallest absolute Gasteiger partial charge is 0.144 e.